The average molecular weight is 244 g/mol. The lowest BCUT2D eigenvalue weighted by Gasteiger charge is -2.40. The average Bonchev–Trinajstić information content (AvgIpc) is 2.84. The van der Waals surface area contributed by atoms with Gasteiger partial charge in [0.1, 0.15) is 0 Å². The largest absolute Gasteiger partial charge is 0.381 e. The molecular formula is C12H24N2OS. The molecule has 2 heterocycles. The first kappa shape index (κ1) is 12.7. The molecule has 2 saturated heterocycles. The number of thioether (sulfide) groups is 1. The summed E-state index contributed by atoms with van der Waals surface area (Å²) < 4.78 is 5.63. The van der Waals surface area contributed by atoms with Gasteiger partial charge in [-0.25, -0.2) is 0 Å². The normalized spacial score (nSPS) is 35.8. The maximum Gasteiger partial charge on any atom is 0.0546 e. The van der Waals surface area contributed by atoms with Crippen LogP contribution in [0.4, 0.5) is 0 Å². The summed E-state index contributed by atoms with van der Waals surface area (Å²) in [6, 6.07) is 0.760. The Morgan fingerprint density at radius 1 is 1.56 bits per heavy atom. The van der Waals surface area contributed by atoms with Crippen molar-refractivity contribution in [3.05, 3.63) is 0 Å². The fourth-order valence-electron chi connectivity index (χ4n) is 2.79. The minimum Gasteiger partial charge on any atom is -0.381 e. The second-order valence-electron chi connectivity index (χ2n) is 5.29. The zero-order chi connectivity index (χ0) is 11.4. The summed E-state index contributed by atoms with van der Waals surface area (Å²) in [5.74, 6) is 2.61. The molecule has 0 aliphatic carbocycles. The molecule has 0 bridgehead atoms. The molecule has 0 radical (unpaired) electrons. The van der Waals surface area contributed by atoms with Gasteiger partial charge in [0, 0.05) is 36.9 Å². The van der Waals surface area contributed by atoms with Crippen molar-refractivity contribution >= 4 is 11.8 Å². The monoisotopic (exact) mass is 244 g/mol. The van der Waals surface area contributed by atoms with Crippen LogP contribution in [0.15, 0.2) is 0 Å². The summed E-state index contributed by atoms with van der Waals surface area (Å²) in [6.07, 6.45) is 3.74. The second kappa shape index (κ2) is 5.71. The Labute approximate surface area is 103 Å². The summed E-state index contributed by atoms with van der Waals surface area (Å²) in [5, 5.41) is 0. The number of ether oxygens (including phenoxy) is 1. The van der Waals surface area contributed by atoms with E-state index in [1.54, 1.807) is 0 Å². The van der Waals surface area contributed by atoms with Crippen LogP contribution in [-0.2, 0) is 4.74 Å². The van der Waals surface area contributed by atoms with Gasteiger partial charge in [-0.1, -0.05) is 0 Å². The van der Waals surface area contributed by atoms with Gasteiger partial charge in [0.2, 0.25) is 0 Å². The lowest BCUT2D eigenvalue weighted by Crippen LogP contribution is -2.49. The van der Waals surface area contributed by atoms with Gasteiger partial charge in [-0.2, -0.15) is 11.8 Å². The molecule has 0 aromatic carbocycles. The predicted octanol–water partition coefficient (Wildman–Crippen LogP) is 1.18. The third-order valence-corrected chi connectivity index (χ3v) is 5.10. The molecule has 2 atom stereocenters. The highest BCUT2D eigenvalue weighted by molar-refractivity contribution is 7.99. The number of nitrogens with zero attached hydrogens (tertiary/aromatic N) is 1. The third-order valence-electron chi connectivity index (χ3n) is 3.95. The number of hydrogen-bond donors (Lipinski definition) is 1. The minimum absolute atomic E-state index is 0.222. The molecule has 0 amide bonds. The van der Waals surface area contributed by atoms with Crippen molar-refractivity contribution in [2.24, 2.45) is 11.1 Å². The fraction of sp³-hybridized carbons (Fsp3) is 1.00. The maximum absolute atomic E-state index is 5.97. The molecule has 2 fully saturated rings. The Kier molecular flexibility index (Phi) is 4.53. The van der Waals surface area contributed by atoms with Crippen LogP contribution in [-0.4, -0.2) is 55.8 Å². The second-order valence-corrected chi connectivity index (χ2v) is 6.44. The van der Waals surface area contributed by atoms with Gasteiger partial charge < -0.3 is 15.4 Å². The van der Waals surface area contributed by atoms with E-state index >= 15 is 0 Å². The molecule has 2 N–H and O–H groups in total. The Morgan fingerprint density at radius 2 is 2.44 bits per heavy atom. The Balaban J connectivity index is 1.89. The standard InChI is InChI=1S/C12H24N2OS/c1-14(11-3-6-16-7-11)9-12(8-13)4-2-5-15-10-12/h11H,2-10,13H2,1H3. The quantitative estimate of drug-likeness (QED) is 0.806. The van der Waals surface area contributed by atoms with E-state index in [0.717, 1.165) is 32.3 Å². The Morgan fingerprint density at radius 3 is 3.00 bits per heavy atom. The molecule has 2 aliphatic rings. The van der Waals surface area contributed by atoms with Gasteiger partial charge in [0.05, 0.1) is 6.61 Å². The lowest BCUT2D eigenvalue weighted by atomic mass is 9.82. The first-order valence-corrected chi connectivity index (χ1v) is 7.47. The zero-order valence-corrected chi connectivity index (χ0v) is 11.1. The predicted molar refractivity (Wildman–Crippen MR) is 69.9 cm³/mol. The van der Waals surface area contributed by atoms with Crippen molar-refractivity contribution in [1.82, 2.24) is 4.90 Å². The molecule has 0 saturated carbocycles. The molecular weight excluding hydrogens is 220 g/mol. The van der Waals surface area contributed by atoms with Crippen molar-refractivity contribution in [3.8, 4) is 0 Å². The van der Waals surface area contributed by atoms with E-state index in [0.29, 0.717) is 0 Å². The van der Waals surface area contributed by atoms with Crippen LogP contribution in [0, 0.1) is 5.41 Å². The van der Waals surface area contributed by atoms with E-state index in [9.17, 15) is 0 Å². The van der Waals surface area contributed by atoms with Gasteiger partial charge in [-0.05, 0) is 32.1 Å². The lowest BCUT2D eigenvalue weighted by molar-refractivity contribution is -0.0225. The van der Waals surface area contributed by atoms with Crippen LogP contribution < -0.4 is 5.73 Å². The molecule has 2 rings (SSSR count). The molecule has 3 nitrogen and oxygen atoms in total. The topological polar surface area (TPSA) is 38.5 Å². The number of nitrogens with two attached hydrogens (primary N) is 1. The fourth-order valence-corrected chi connectivity index (χ4v) is 4.09. The summed E-state index contributed by atoms with van der Waals surface area (Å²) in [4.78, 5) is 2.52. The zero-order valence-electron chi connectivity index (χ0n) is 10.3. The molecule has 0 spiro atoms. The molecule has 2 aliphatic heterocycles. The molecule has 2 unspecified atom stereocenters. The van der Waals surface area contributed by atoms with Crippen LogP contribution in [0.3, 0.4) is 0 Å². The number of rotatable bonds is 4. The highest BCUT2D eigenvalue weighted by Gasteiger charge is 2.34. The first-order chi connectivity index (χ1) is 7.76. The smallest absolute Gasteiger partial charge is 0.0546 e. The Hall–Kier alpha value is 0.230. The van der Waals surface area contributed by atoms with Crippen molar-refractivity contribution in [1.29, 1.82) is 0 Å². The van der Waals surface area contributed by atoms with Gasteiger partial charge in [0.25, 0.3) is 0 Å². The third kappa shape index (κ3) is 2.92. The van der Waals surface area contributed by atoms with E-state index in [4.69, 9.17) is 10.5 Å². The van der Waals surface area contributed by atoms with E-state index < -0.39 is 0 Å². The van der Waals surface area contributed by atoms with E-state index in [-0.39, 0.29) is 5.41 Å². The van der Waals surface area contributed by atoms with Gasteiger partial charge in [0.15, 0.2) is 0 Å². The van der Waals surface area contributed by atoms with E-state index in [2.05, 4.69) is 23.7 Å². The minimum atomic E-state index is 0.222. The van der Waals surface area contributed by atoms with Gasteiger partial charge in [-0.3, -0.25) is 0 Å². The maximum atomic E-state index is 5.97. The van der Waals surface area contributed by atoms with Crippen molar-refractivity contribution < 1.29 is 4.74 Å². The SMILES string of the molecule is CN(CC1(CN)CCCOC1)C1CCSC1. The van der Waals surface area contributed by atoms with Crippen molar-refractivity contribution in [3.63, 3.8) is 0 Å². The summed E-state index contributed by atoms with van der Waals surface area (Å²) in [7, 11) is 2.25. The van der Waals surface area contributed by atoms with Crippen LogP contribution in [0.5, 0.6) is 0 Å². The van der Waals surface area contributed by atoms with Crippen LogP contribution in [0.25, 0.3) is 0 Å². The van der Waals surface area contributed by atoms with E-state index in [1.165, 1.54) is 30.8 Å². The van der Waals surface area contributed by atoms with Crippen LogP contribution >= 0.6 is 11.8 Å². The highest BCUT2D eigenvalue weighted by Crippen LogP contribution is 2.30. The van der Waals surface area contributed by atoms with Crippen molar-refractivity contribution in [2.45, 2.75) is 25.3 Å². The van der Waals surface area contributed by atoms with Crippen molar-refractivity contribution in [2.75, 3.05) is 44.9 Å². The summed E-state index contributed by atoms with van der Waals surface area (Å²) >= 11 is 2.07. The number of hydrogen-bond acceptors (Lipinski definition) is 4. The van der Waals surface area contributed by atoms with Crippen LogP contribution in [0.1, 0.15) is 19.3 Å². The Bertz CT molecular complexity index is 213. The molecule has 0 aromatic rings. The molecule has 94 valence electrons. The molecule has 16 heavy (non-hydrogen) atoms. The highest BCUT2D eigenvalue weighted by atomic mass is 32.2. The van der Waals surface area contributed by atoms with Gasteiger partial charge in [-0.15, -0.1) is 0 Å². The summed E-state index contributed by atoms with van der Waals surface area (Å²) in [6.45, 7) is 3.64. The van der Waals surface area contributed by atoms with Gasteiger partial charge >= 0.3 is 0 Å². The van der Waals surface area contributed by atoms with Crippen LogP contribution in [0.2, 0.25) is 0 Å². The molecule has 0 aromatic heterocycles. The van der Waals surface area contributed by atoms with E-state index in [1.807, 2.05) is 0 Å². The first-order valence-electron chi connectivity index (χ1n) is 6.32. The molecule has 4 heteroatoms. The summed E-state index contributed by atoms with van der Waals surface area (Å²) in [5.41, 5.74) is 6.20.